The molecule has 23 heavy (non-hydrogen) atoms. The second kappa shape index (κ2) is 7.10. The first-order valence-corrected chi connectivity index (χ1v) is 7.01. The zero-order chi connectivity index (χ0) is 17.0. The summed E-state index contributed by atoms with van der Waals surface area (Å²) in [5.74, 6) is 0.504. The number of benzene rings is 1. The number of nitrogens with one attached hydrogen (secondary N) is 1. The lowest BCUT2D eigenvalue weighted by Crippen LogP contribution is -2.39. The Kier molecular flexibility index (Phi) is 5.17. The van der Waals surface area contributed by atoms with E-state index in [-0.39, 0.29) is 30.7 Å². The minimum absolute atomic E-state index is 0.173. The Labute approximate surface area is 132 Å². The molecule has 124 valence electrons. The number of rotatable bonds is 6. The number of hydrogen-bond donors (Lipinski definition) is 2. The van der Waals surface area contributed by atoms with Crippen LogP contribution in [-0.4, -0.2) is 47.4 Å². The van der Waals surface area contributed by atoms with Gasteiger partial charge in [0.25, 0.3) is 5.56 Å². The topological polar surface area (TPSA) is 103 Å². The number of amides is 1. The van der Waals surface area contributed by atoms with Crippen molar-refractivity contribution in [2.24, 2.45) is 0 Å². The van der Waals surface area contributed by atoms with Crippen molar-refractivity contribution in [1.29, 1.82) is 0 Å². The second-order valence-electron chi connectivity index (χ2n) is 5.05. The summed E-state index contributed by atoms with van der Waals surface area (Å²) in [7, 11) is 2.97. The molecule has 0 unspecified atom stereocenters. The van der Waals surface area contributed by atoms with Gasteiger partial charge in [0.2, 0.25) is 5.91 Å². The van der Waals surface area contributed by atoms with Crippen molar-refractivity contribution in [3.05, 3.63) is 28.8 Å². The van der Waals surface area contributed by atoms with Crippen molar-refractivity contribution >= 4 is 16.8 Å². The van der Waals surface area contributed by atoms with Gasteiger partial charge >= 0.3 is 0 Å². The smallest absolute Gasteiger partial charge is 0.261 e. The predicted molar refractivity (Wildman–Crippen MR) is 83.8 cm³/mol. The number of carbonyl (C=O) groups is 1. The number of hydrogen-bond acceptors (Lipinski definition) is 6. The highest BCUT2D eigenvalue weighted by Gasteiger charge is 2.13. The van der Waals surface area contributed by atoms with Crippen molar-refractivity contribution in [2.75, 3.05) is 20.8 Å². The second-order valence-corrected chi connectivity index (χ2v) is 5.05. The van der Waals surface area contributed by atoms with Crippen molar-refractivity contribution in [1.82, 2.24) is 14.9 Å². The molecule has 0 saturated carbocycles. The molecule has 0 spiro atoms. The van der Waals surface area contributed by atoms with E-state index in [0.29, 0.717) is 22.4 Å². The van der Waals surface area contributed by atoms with E-state index >= 15 is 0 Å². The molecular weight excluding hydrogens is 302 g/mol. The van der Waals surface area contributed by atoms with E-state index in [0.717, 1.165) is 0 Å². The van der Waals surface area contributed by atoms with Crippen molar-refractivity contribution in [3.63, 3.8) is 0 Å². The molecule has 0 aliphatic rings. The zero-order valence-corrected chi connectivity index (χ0v) is 13.2. The van der Waals surface area contributed by atoms with E-state index in [1.165, 1.54) is 31.2 Å². The molecule has 1 heterocycles. The maximum Gasteiger partial charge on any atom is 0.261 e. The SMILES string of the molecule is COc1cc2ncn(CC(=O)N[C@@H](C)CO)c(=O)c2cc1OC. The van der Waals surface area contributed by atoms with Gasteiger partial charge in [-0.3, -0.25) is 14.2 Å². The number of nitrogens with zero attached hydrogens (tertiary/aromatic N) is 2. The Morgan fingerprint density at radius 2 is 2.00 bits per heavy atom. The van der Waals surface area contributed by atoms with Gasteiger partial charge in [-0.15, -0.1) is 0 Å². The van der Waals surface area contributed by atoms with Gasteiger partial charge in [0.15, 0.2) is 11.5 Å². The molecule has 1 amide bonds. The molecule has 0 radical (unpaired) electrons. The minimum atomic E-state index is -0.379. The first-order chi connectivity index (χ1) is 11.0. The van der Waals surface area contributed by atoms with E-state index in [4.69, 9.17) is 14.6 Å². The largest absolute Gasteiger partial charge is 0.493 e. The molecule has 2 rings (SSSR count). The average molecular weight is 321 g/mol. The number of ether oxygens (including phenoxy) is 2. The summed E-state index contributed by atoms with van der Waals surface area (Å²) in [6, 6.07) is 2.76. The lowest BCUT2D eigenvalue weighted by Gasteiger charge is -2.12. The van der Waals surface area contributed by atoms with Gasteiger partial charge in [0.1, 0.15) is 6.54 Å². The molecule has 1 aromatic carbocycles. The van der Waals surface area contributed by atoms with Crippen LogP contribution in [0.2, 0.25) is 0 Å². The maximum atomic E-state index is 12.5. The van der Waals surface area contributed by atoms with E-state index in [1.54, 1.807) is 13.0 Å². The third-order valence-electron chi connectivity index (χ3n) is 3.32. The summed E-state index contributed by atoms with van der Waals surface area (Å²) in [6.45, 7) is 1.31. The molecule has 1 atom stereocenters. The van der Waals surface area contributed by atoms with Crippen LogP contribution in [-0.2, 0) is 11.3 Å². The standard InChI is InChI=1S/C15H19N3O5/c1-9(7-19)17-14(20)6-18-8-16-11-5-13(23-3)12(22-2)4-10(11)15(18)21/h4-5,8-9,19H,6-7H2,1-3H3,(H,17,20)/t9-/m0/s1. The molecule has 2 N–H and O–H groups in total. The summed E-state index contributed by atoms with van der Waals surface area (Å²) < 4.78 is 11.6. The average Bonchev–Trinajstić information content (AvgIpc) is 2.56. The number of methoxy groups -OCH3 is 2. The maximum absolute atomic E-state index is 12.5. The molecule has 0 saturated heterocycles. The van der Waals surface area contributed by atoms with Crippen LogP contribution in [0.15, 0.2) is 23.3 Å². The molecule has 0 aliphatic heterocycles. The summed E-state index contributed by atoms with van der Waals surface area (Å²) >= 11 is 0. The van der Waals surface area contributed by atoms with Crippen LogP contribution in [0.4, 0.5) is 0 Å². The first kappa shape index (κ1) is 16.8. The number of carbonyl (C=O) groups excluding carboxylic acids is 1. The Bertz CT molecular complexity index is 772. The zero-order valence-electron chi connectivity index (χ0n) is 13.2. The van der Waals surface area contributed by atoms with Crippen LogP contribution in [0.1, 0.15) is 6.92 Å². The lowest BCUT2D eigenvalue weighted by molar-refractivity contribution is -0.122. The molecule has 8 heteroatoms. The van der Waals surface area contributed by atoms with Crippen LogP contribution in [0, 0.1) is 0 Å². The van der Waals surface area contributed by atoms with Gasteiger partial charge in [0, 0.05) is 12.1 Å². The van der Waals surface area contributed by atoms with Crippen molar-refractivity contribution in [2.45, 2.75) is 19.5 Å². The fraction of sp³-hybridized carbons (Fsp3) is 0.400. The normalized spacial score (nSPS) is 12.0. The summed E-state index contributed by atoms with van der Waals surface area (Å²) in [5.41, 5.74) is 0.0933. The van der Waals surface area contributed by atoms with Gasteiger partial charge < -0.3 is 19.9 Å². The summed E-state index contributed by atoms with van der Waals surface area (Å²) in [5, 5.41) is 11.8. The van der Waals surface area contributed by atoms with E-state index in [1.807, 2.05) is 0 Å². The van der Waals surface area contributed by atoms with E-state index in [9.17, 15) is 9.59 Å². The molecule has 8 nitrogen and oxygen atoms in total. The highest BCUT2D eigenvalue weighted by molar-refractivity contribution is 5.82. The Hall–Kier alpha value is -2.61. The third-order valence-corrected chi connectivity index (χ3v) is 3.32. The lowest BCUT2D eigenvalue weighted by atomic mass is 10.2. The van der Waals surface area contributed by atoms with Crippen LogP contribution in [0.5, 0.6) is 11.5 Å². The molecule has 2 aromatic rings. The fourth-order valence-electron chi connectivity index (χ4n) is 2.12. The predicted octanol–water partition coefficient (Wildman–Crippen LogP) is -0.0893. The van der Waals surface area contributed by atoms with Gasteiger partial charge in [-0.2, -0.15) is 0 Å². The highest BCUT2D eigenvalue weighted by Crippen LogP contribution is 2.29. The van der Waals surface area contributed by atoms with Crippen LogP contribution in [0.25, 0.3) is 10.9 Å². The third kappa shape index (κ3) is 3.59. The van der Waals surface area contributed by atoms with Gasteiger partial charge in [-0.25, -0.2) is 4.98 Å². The van der Waals surface area contributed by atoms with Crippen molar-refractivity contribution in [3.8, 4) is 11.5 Å². The Balaban J connectivity index is 2.38. The fourth-order valence-corrected chi connectivity index (χ4v) is 2.12. The number of aromatic nitrogens is 2. The number of aliphatic hydroxyl groups is 1. The quantitative estimate of drug-likeness (QED) is 0.771. The molecular formula is C15H19N3O5. The Morgan fingerprint density at radius 3 is 2.61 bits per heavy atom. The number of fused-ring (bicyclic) bond motifs is 1. The molecule has 0 aliphatic carbocycles. The van der Waals surface area contributed by atoms with Crippen molar-refractivity contribution < 1.29 is 19.4 Å². The van der Waals surface area contributed by atoms with Crippen LogP contribution in [0.3, 0.4) is 0 Å². The van der Waals surface area contributed by atoms with Gasteiger partial charge in [-0.05, 0) is 13.0 Å². The Morgan fingerprint density at radius 1 is 1.35 bits per heavy atom. The van der Waals surface area contributed by atoms with Crippen LogP contribution < -0.4 is 20.3 Å². The van der Waals surface area contributed by atoms with E-state index in [2.05, 4.69) is 10.3 Å². The van der Waals surface area contributed by atoms with Gasteiger partial charge in [-0.1, -0.05) is 0 Å². The number of aliphatic hydroxyl groups excluding tert-OH is 1. The van der Waals surface area contributed by atoms with E-state index < -0.39 is 0 Å². The highest BCUT2D eigenvalue weighted by atomic mass is 16.5. The molecule has 1 aromatic heterocycles. The summed E-state index contributed by atoms with van der Waals surface area (Å²) in [6.07, 6.45) is 1.31. The molecule has 0 fully saturated rings. The van der Waals surface area contributed by atoms with Crippen LogP contribution >= 0.6 is 0 Å². The minimum Gasteiger partial charge on any atom is -0.493 e. The van der Waals surface area contributed by atoms with Gasteiger partial charge in [0.05, 0.1) is 38.1 Å². The summed E-state index contributed by atoms with van der Waals surface area (Å²) in [4.78, 5) is 28.5. The molecule has 0 bridgehead atoms. The monoisotopic (exact) mass is 321 g/mol. The first-order valence-electron chi connectivity index (χ1n) is 7.01.